The van der Waals surface area contributed by atoms with Gasteiger partial charge in [0.15, 0.2) is 0 Å². The first-order chi connectivity index (χ1) is 8.58. The topological polar surface area (TPSA) is 93.9 Å². The van der Waals surface area contributed by atoms with Gasteiger partial charge < -0.3 is 19.9 Å². The highest BCUT2D eigenvalue weighted by molar-refractivity contribution is 5.64. The normalized spacial score (nSPS) is 11.9. The van der Waals surface area contributed by atoms with Crippen LogP contribution < -0.4 is 10.1 Å². The average Bonchev–Trinajstić information content (AvgIpc) is 2.36. The average molecular weight is 256 g/mol. The minimum Gasteiger partial charge on any atom is -0.497 e. The Bertz CT molecular complexity index is 410. The molecule has 0 aliphatic carbocycles. The highest BCUT2D eigenvalue weighted by Crippen LogP contribution is 2.28. The molecule has 100 valence electrons. The van der Waals surface area contributed by atoms with Crippen molar-refractivity contribution in [2.45, 2.75) is 6.10 Å². The third-order valence-electron chi connectivity index (χ3n) is 2.29. The zero-order valence-corrected chi connectivity index (χ0v) is 10.3. The summed E-state index contributed by atoms with van der Waals surface area (Å²) in [6.45, 7) is 0.312. The van der Waals surface area contributed by atoms with Crippen LogP contribution in [0.15, 0.2) is 18.2 Å². The Balaban J connectivity index is 2.80. The molecule has 0 heterocycles. The maximum Gasteiger partial charge on any atom is 0.292 e. The van der Waals surface area contributed by atoms with Crippen LogP contribution in [0, 0.1) is 10.1 Å². The molecule has 1 aromatic rings. The van der Waals surface area contributed by atoms with Crippen LogP contribution in [-0.4, -0.2) is 43.5 Å². The van der Waals surface area contributed by atoms with Crippen LogP contribution in [0.1, 0.15) is 0 Å². The first kappa shape index (κ1) is 14.2. The summed E-state index contributed by atoms with van der Waals surface area (Å²) in [7, 11) is 2.95. The number of rotatable bonds is 7. The number of methoxy groups -OCH3 is 2. The molecule has 0 aliphatic heterocycles. The van der Waals surface area contributed by atoms with E-state index in [4.69, 9.17) is 9.47 Å². The molecule has 0 aliphatic rings. The molecule has 0 fully saturated rings. The van der Waals surface area contributed by atoms with E-state index in [0.717, 1.165) is 0 Å². The van der Waals surface area contributed by atoms with Gasteiger partial charge in [-0.25, -0.2) is 0 Å². The van der Waals surface area contributed by atoms with Crippen molar-refractivity contribution in [3.05, 3.63) is 28.3 Å². The Morgan fingerprint density at radius 2 is 2.22 bits per heavy atom. The minimum atomic E-state index is -0.735. The number of benzene rings is 1. The number of nitro benzene ring substituents is 1. The van der Waals surface area contributed by atoms with E-state index >= 15 is 0 Å². The Kier molecular flexibility index (Phi) is 5.34. The number of hydrogen-bond acceptors (Lipinski definition) is 6. The lowest BCUT2D eigenvalue weighted by Crippen LogP contribution is -2.24. The van der Waals surface area contributed by atoms with Gasteiger partial charge in [0.05, 0.1) is 24.7 Å². The lowest BCUT2D eigenvalue weighted by Gasteiger charge is -2.12. The SMILES string of the molecule is COCC(O)CNc1cc(OC)ccc1[N+](=O)[O-]. The van der Waals surface area contributed by atoms with E-state index in [1.54, 1.807) is 0 Å². The Morgan fingerprint density at radius 3 is 2.78 bits per heavy atom. The van der Waals surface area contributed by atoms with E-state index < -0.39 is 11.0 Å². The number of hydrogen-bond donors (Lipinski definition) is 2. The van der Waals surface area contributed by atoms with Gasteiger partial charge in [-0.05, 0) is 6.07 Å². The second-order valence-corrected chi connectivity index (χ2v) is 3.63. The van der Waals surface area contributed by atoms with Gasteiger partial charge in [-0.1, -0.05) is 0 Å². The molecule has 18 heavy (non-hydrogen) atoms. The van der Waals surface area contributed by atoms with E-state index in [-0.39, 0.29) is 18.8 Å². The highest BCUT2D eigenvalue weighted by Gasteiger charge is 2.15. The molecule has 0 saturated carbocycles. The molecule has 0 bridgehead atoms. The van der Waals surface area contributed by atoms with Gasteiger partial charge in [-0.15, -0.1) is 0 Å². The molecular formula is C11H16N2O5. The summed E-state index contributed by atoms with van der Waals surface area (Å²) >= 11 is 0. The van der Waals surface area contributed by atoms with Gasteiger partial charge in [0, 0.05) is 25.8 Å². The predicted molar refractivity (Wildman–Crippen MR) is 66.0 cm³/mol. The molecule has 1 rings (SSSR count). The zero-order valence-electron chi connectivity index (χ0n) is 10.3. The number of nitro groups is 1. The largest absolute Gasteiger partial charge is 0.497 e. The summed E-state index contributed by atoms with van der Waals surface area (Å²) in [6.07, 6.45) is -0.735. The molecule has 0 radical (unpaired) electrons. The van der Waals surface area contributed by atoms with Crippen molar-refractivity contribution >= 4 is 11.4 Å². The van der Waals surface area contributed by atoms with Crippen molar-refractivity contribution in [1.82, 2.24) is 0 Å². The van der Waals surface area contributed by atoms with Gasteiger partial charge in [0.1, 0.15) is 11.4 Å². The van der Waals surface area contributed by atoms with Crippen LogP contribution >= 0.6 is 0 Å². The lowest BCUT2D eigenvalue weighted by atomic mass is 10.2. The van der Waals surface area contributed by atoms with Crippen LogP contribution in [0.5, 0.6) is 5.75 Å². The van der Waals surface area contributed by atoms with E-state index in [9.17, 15) is 15.2 Å². The quantitative estimate of drug-likeness (QED) is 0.559. The van der Waals surface area contributed by atoms with Gasteiger partial charge >= 0.3 is 0 Å². The number of aliphatic hydroxyl groups is 1. The standard InChI is InChI=1S/C11H16N2O5/c1-17-7-8(14)6-12-10-5-9(18-2)3-4-11(10)13(15)16/h3-5,8,12,14H,6-7H2,1-2H3. The van der Waals surface area contributed by atoms with Crippen LogP contribution in [0.25, 0.3) is 0 Å². The van der Waals surface area contributed by atoms with E-state index in [2.05, 4.69) is 5.32 Å². The van der Waals surface area contributed by atoms with Crippen LogP contribution in [0.2, 0.25) is 0 Å². The summed E-state index contributed by atoms with van der Waals surface area (Å²) in [4.78, 5) is 10.3. The second-order valence-electron chi connectivity index (χ2n) is 3.63. The third kappa shape index (κ3) is 3.86. The molecule has 0 amide bonds. The van der Waals surface area contributed by atoms with Crippen molar-refractivity contribution in [3.8, 4) is 5.75 Å². The van der Waals surface area contributed by atoms with Crippen molar-refractivity contribution in [1.29, 1.82) is 0 Å². The molecule has 7 nitrogen and oxygen atoms in total. The molecule has 1 aromatic carbocycles. The monoisotopic (exact) mass is 256 g/mol. The summed E-state index contributed by atoms with van der Waals surface area (Å²) in [5.74, 6) is 0.504. The van der Waals surface area contributed by atoms with Crippen LogP contribution in [0.4, 0.5) is 11.4 Å². The van der Waals surface area contributed by atoms with Gasteiger partial charge in [0.25, 0.3) is 5.69 Å². The molecule has 1 unspecified atom stereocenters. The fourth-order valence-electron chi connectivity index (χ4n) is 1.42. The number of nitrogens with one attached hydrogen (secondary N) is 1. The van der Waals surface area contributed by atoms with Crippen molar-refractivity contribution in [2.75, 3.05) is 32.7 Å². The number of anilines is 1. The number of ether oxygens (including phenoxy) is 2. The predicted octanol–water partition coefficient (Wildman–Crippen LogP) is 1.02. The number of aliphatic hydroxyl groups excluding tert-OH is 1. The smallest absolute Gasteiger partial charge is 0.292 e. The highest BCUT2D eigenvalue weighted by atomic mass is 16.6. The Morgan fingerprint density at radius 1 is 1.50 bits per heavy atom. The molecule has 0 saturated heterocycles. The molecule has 0 spiro atoms. The summed E-state index contributed by atoms with van der Waals surface area (Å²) in [6, 6.07) is 4.37. The molecule has 7 heteroatoms. The van der Waals surface area contributed by atoms with E-state index in [1.807, 2.05) is 0 Å². The molecule has 2 N–H and O–H groups in total. The van der Waals surface area contributed by atoms with Gasteiger partial charge in [-0.3, -0.25) is 10.1 Å². The van der Waals surface area contributed by atoms with E-state index in [1.165, 1.54) is 32.4 Å². The molecular weight excluding hydrogens is 240 g/mol. The van der Waals surface area contributed by atoms with Crippen molar-refractivity contribution in [2.24, 2.45) is 0 Å². The van der Waals surface area contributed by atoms with E-state index in [0.29, 0.717) is 11.4 Å². The second kappa shape index (κ2) is 6.77. The lowest BCUT2D eigenvalue weighted by molar-refractivity contribution is -0.384. The summed E-state index contributed by atoms with van der Waals surface area (Å²) < 4.78 is 9.76. The Hall–Kier alpha value is -1.86. The first-order valence-electron chi connectivity index (χ1n) is 5.31. The number of nitrogens with zero attached hydrogens (tertiary/aromatic N) is 1. The maximum atomic E-state index is 10.8. The van der Waals surface area contributed by atoms with Gasteiger partial charge in [-0.2, -0.15) is 0 Å². The van der Waals surface area contributed by atoms with Crippen molar-refractivity contribution < 1.29 is 19.5 Å². The minimum absolute atomic E-state index is 0.0691. The van der Waals surface area contributed by atoms with Crippen LogP contribution in [-0.2, 0) is 4.74 Å². The van der Waals surface area contributed by atoms with Gasteiger partial charge in [0.2, 0.25) is 0 Å². The van der Waals surface area contributed by atoms with Crippen molar-refractivity contribution in [3.63, 3.8) is 0 Å². The zero-order chi connectivity index (χ0) is 13.5. The molecule has 0 aromatic heterocycles. The van der Waals surface area contributed by atoms with Crippen LogP contribution in [0.3, 0.4) is 0 Å². The maximum absolute atomic E-state index is 10.8. The third-order valence-corrected chi connectivity index (χ3v) is 2.29. The fourth-order valence-corrected chi connectivity index (χ4v) is 1.42. The Labute approximate surface area is 104 Å². The fraction of sp³-hybridized carbons (Fsp3) is 0.455. The first-order valence-corrected chi connectivity index (χ1v) is 5.31. The summed E-state index contributed by atoms with van der Waals surface area (Å²) in [5.41, 5.74) is 0.231. The molecule has 1 atom stereocenters. The summed E-state index contributed by atoms with van der Waals surface area (Å²) in [5, 5.41) is 23.1.